The van der Waals surface area contributed by atoms with Crippen LogP contribution < -0.4 is 4.74 Å². The first kappa shape index (κ1) is 23.0. The molecule has 0 aliphatic carbocycles. The Labute approximate surface area is 207 Å². The molecule has 0 unspecified atom stereocenters. The number of benzene rings is 1. The Balaban J connectivity index is 1.43. The van der Waals surface area contributed by atoms with E-state index in [2.05, 4.69) is 5.10 Å². The van der Waals surface area contributed by atoms with Gasteiger partial charge in [0.2, 0.25) is 0 Å². The van der Waals surface area contributed by atoms with Crippen molar-refractivity contribution in [1.29, 1.82) is 0 Å². The van der Waals surface area contributed by atoms with Gasteiger partial charge in [0.05, 0.1) is 39.9 Å². The number of para-hydroxylation sites is 1. The monoisotopic (exact) mass is 489 g/mol. The molecule has 4 aromatic rings. The lowest BCUT2D eigenvalue weighted by atomic mass is 10.1. The maximum absolute atomic E-state index is 13.8. The molecular formula is C26H27N5O3S. The highest BCUT2D eigenvalue weighted by Gasteiger charge is 2.27. The molecule has 0 bridgehead atoms. The van der Waals surface area contributed by atoms with Gasteiger partial charge in [-0.3, -0.25) is 14.3 Å². The van der Waals surface area contributed by atoms with Crippen molar-refractivity contribution < 1.29 is 14.3 Å². The average molecular weight is 490 g/mol. The van der Waals surface area contributed by atoms with Crippen molar-refractivity contribution in [3.05, 3.63) is 64.7 Å². The Hall–Kier alpha value is -3.72. The third-order valence-electron chi connectivity index (χ3n) is 6.38. The lowest BCUT2D eigenvalue weighted by Crippen LogP contribution is -2.37. The van der Waals surface area contributed by atoms with Gasteiger partial charge >= 0.3 is 0 Å². The molecule has 1 aliphatic heterocycles. The first-order chi connectivity index (χ1) is 17.0. The SMILES string of the molecule is COc1ccccc1C(=O)N1CCCN(C(=O)c2cc(-c3cccs3)nc3c2c(C)nn3C)CC1. The van der Waals surface area contributed by atoms with E-state index in [1.807, 2.05) is 54.6 Å². The maximum Gasteiger partial charge on any atom is 0.257 e. The van der Waals surface area contributed by atoms with Gasteiger partial charge in [0.1, 0.15) is 5.75 Å². The van der Waals surface area contributed by atoms with Crippen molar-refractivity contribution in [2.45, 2.75) is 13.3 Å². The fourth-order valence-electron chi connectivity index (χ4n) is 4.65. The lowest BCUT2D eigenvalue weighted by molar-refractivity contribution is 0.0718. The van der Waals surface area contributed by atoms with Gasteiger partial charge in [-0.25, -0.2) is 4.98 Å². The van der Waals surface area contributed by atoms with E-state index < -0.39 is 0 Å². The third-order valence-corrected chi connectivity index (χ3v) is 7.27. The molecule has 0 spiro atoms. The van der Waals surface area contributed by atoms with Gasteiger partial charge in [-0.2, -0.15) is 5.10 Å². The molecule has 3 aromatic heterocycles. The van der Waals surface area contributed by atoms with Crippen LogP contribution in [0.25, 0.3) is 21.6 Å². The molecule has 5 rings (SSSR count). The molecule has 180 valence electrons. The highest BCUT2D eigenvalue weighted by Crippen LogP contribution is 2.30. The van der Waals surface area contributed by atoms with Crippen LogP contribution in [0.2, 0.25) is 0 Å². The summed E-state index contributed by atoms with van der Waals surface area (Å²) in [6.07, 6.45) is 0.699. The number of hydrogen-bond donors (Lipinski definition) is 0. The Morgan fingerprint density at radius 3 is 2.37 bits per heavy atom. The Bertz CT molecular complexity index is 1400. The maximum atomic E-state index is 13.8. The van der Waals surface area contributed by atoms with Crippen LogP contribution in [-0.4, -0.2) is 69.7 Å². The predicted molar refractivity (Wildman–Crippen MR) is 136 cm³/mol. The minimum Gasteiger partial charge on any atom is -0.496 e. The predicted octanol–water partition coefficient (Wildman–Crippen LogP) is 4.00. The second-order valence-corrected chi connectivity index (χ2v) is 9.53. The number of pyridine rings is 1. The summed E-state index contributed by atoms with van der Waals surface area (Å²) >= 11 is 1.59. The molecule has 0 N–H and O–H groups in total. The summed E-state index contributed by atoms with van der Waals surface area (Å²) in [5.74, 6) is 0.422. The minimum atomic E-state index is -0.0777. The van der Waals surface area contributed by atoms with Gasteiger partial charge < -0.3 is 14.5 Å². The quantitative estimate of drug-likeness (QED) is 0.433. The number of thiophene rings is 1. The molecule has 0 saturated carbocycles. The molecule has 1 saturated heterocycles. The summed E-state index contributed by atoms with van der Waals surface area (Å²) in [5, 5.41) is 7.31. The standard InChI is InChI=1S/C26H27N5O3S/c1-17-23-19(16-20(22-10-6-15-35-22)27-24(23)29(2)28-17)26(33)31-12-7-11-30(13-14-31)25(32)18-8-4-5-9-21(18)34-3/h4-6,8-10,15-16H,7,11-14H2,1-3H3. The number of fused-ring (bicyclic) bond motifs is 1. The molecule has 4 heterocycles. The number of carbonyl (C=O) groups excluding carboxylic acids is 2. The van der Waals surface area contributed by atoms with Crippen molar-refractivity contribution >= 4 is 34.2 Å². The van der Waals surface area contributed by atoms with E-state index in [0.717, 1.165) is 21.7 Å². The van der Waals surface area contributed by atoms with Crippen molar-refractivity contribution in [2.75, 3.05) is 33.3 Å². The average Bonchev–Trinajstić information content (AvgIpc) is 3.43. The normalized spacial score (nSPS) is 14.3. The van der Waals surface area contributed by atoms with E-state index in [4.69, 9.17) is 9.72 Å². The lowest BCUT2D eigenvalue weighted by Gasteiger charge is -2.23. The largest absolute Gasteiger partial charge is 0.496 e. The van der Waals surface area contributed by atoms with Gasteiger partial charge in [-0.15, -0.1) is 11.3 Å². The van der Waals surface area contributed by atoms with E-state index in [1.54, 1.807) is 40.2 Å². The first-order valence-electron chi connectivity index (χ1n) is 11.6. The molecule has 2 amide bonds. The van der Waals surface area contributed by atoms with Gasteiger partial charge in [-0.05, 0) is 43.0 Å². The van der Waals surface area contributed by atoms with Crippen LogP contribution in [0.3, 0.4) is 0 Å². The first-order valence-corrected chi connectivity index (χ1v) is 12.5. The van der Waals surface area contributed by atoms with Crippen LogP contribution >= 0.6 is 11.3 Å². The van der Waals surface area contributed by atoms with Crippen molar-refractivity contribution in [3.63, 3.8) is 0 Å². The van der Waals surface area contributed by atoms with Crippen LogP contribution in [0.5, 0.6) is 5.75 Å². The number of methoxy groups -OCH3 is 1. The minimum absolute atomic E-state index is 0.0575. The van der Waals surface area contributed by atoms with E-state index in [0.29, 0.717) is 55.1 Å². The molecule has 1 aromatic carbocycles. The van der Waals surface area contributed by atoms with Crippen LogP contribution in [0.4, 0.5) is 0 Å². The summed E-state index contributed by atoms with van der Waals surface area (Å²) in [7, 11) is 3.41. The highest BCUT2D eigenvalue weighted by molar-refractivity contribution is 7.13. The van der Waals surface area contributed by atoms with Gasteiger partial charge in [0.15, 0.2) is 5.65 Å². The van der Waals surface area contributed by atoms with E-state index >= 15 is 0 Å². The zero-order valence-electron chi connectivity index (χ0n) is 20.0. The summed E-state index contributed by atoms with van der Waals surface area (Å²) in [6.45, 7) is 3.98. The third kappa shape index (κ3) is 4.27. The number of ether oxygens (including phenoxy) is 1. The fraction of sp³-hybridized carbons (Fsp3) is 0.308. The Kier molecular flexibility index (Phi) is 6.25. The van der Waals surface area contributed by atoms with Crippen LogP contribution in [0, 0.1) is 6.92 Å². The van der Waals surface area contributed by atoms with E-state index in [9.17, 15) is 9.59 Å². The van der Waals surface area contributed by atoms with E-state index in [1.165, 1.54) is 0 Å². The topological polar surface area (TPSA) is 80.6 Å². The molecule has 0 atom stereocenters. The van der Waals surface area contributed by atoms with Crippen molar-refractivity contribution in [1.82, 2.24) is 24.6 Å². The smallest absolute Gasteiger partial charge is 0.257 e. The molecule has 9 heteroatoms. The zero-order valence-corrected chi connectivity index (χ0v) is 20.8. The highest BCUT2D eigenvalue weighted by atomic mass is 32.1. The zero-order chi connectivity index (χ0) is 24.5. The number of nitrogens with zero attached hydrogens (tertiary/aromatic N) is 5. The van der Waals surface area contributed by atoms with Gasteiger partial charge in [-0.1, -0.05) is 18.2 Å². The molecule has 8 nitrogen and oxygen atoms in total. The van der Waals surface area contributed by atoms with Crippen LogP contribution in [0.15, 0.2) is 47.8 Å². The molecular weight excluding hydrogens is 462 g/mol. The van der Waals surface area contributed by atoms with Crippen molar-refractivity contribution in [2.24, 2.45) is 7.05 Å². The molecule has 1 fully saturated rings. The Morgan fingerprint density at radius 1 is 0.971 bits per heavy atom. The second kappa shape index (κ2) is 9.50. The number of hydrogen-bond acceptors (Lipinski definition) is 6. The number of rotatable bonds is 4. The number of aromatic nitrogens is 3. The van der Waals surface area contributed by atoms with Crippen LogP contribution in [-0.2, 0) is 7.05 Å². The summed E-state index contributed by atoms with van der Waals surface area (Å²) in [4.78, 5) is 36.5. The Morgan fingerprint density at radius 2 is 1.69 bits per heavy atom. The molecule has 35 heavy (non-hydrogen) atoms. The fourth-order valence-corrected chi connectivity index (χ4v) is 5.34. The molecule has 1 aliphatic rings. The number of aryl methyl sites for hydroxylation is 2. The van der Waals surface area contributed by atoms with Gasteiger partial charge in [0.25, 0.3) is 11.8 Å². The molecule has 0 radical (unpaired) electrons. The van der Waals surface area contributed by atoms with E-state index in [-0.39, 0.29) is 11.8 Å². The summed E-state index contributed by atoms with van der Waals surface area (Å²) in [6, 6.07) is 13.1. The van der Waals surface area contributed by atoms with Gasteiger partial charge in [0, 0.05) is 33.2 Å². The summed E-state index contributed by atoms with van der Waals surface area (Å²) < 4.78 is 7.11. The summed E-state index contributed by atoms with van der Waals surface area (Å²) in [5.41, 5.74) is 3.38. The van der Waals surface area contributed by atoms with Crippen LogP contribution in [0.1, 0.15) is 32.8 Å². The number of carbonyl (C=O) groups is 2. The van der Waals surface area contributed by atoms with Crippen molar-refractivity contribution in [3.8, 4) is 16.3 Å². The number of amides is 2. The second-order valence-electron chi connectivity index (χ2n) is 8.58.